The highest BCUT2D eigenvalue weighted by Crippen LogP contribution is 1.99. The second-order valence-corrected chi connectivity index (χ2v) is 1.19. The largest absolute Gasteiger partial charge is 0.406 e. The number of nitrogens with zero attached hydrogens (tertiary/aromatic N) is 2. The molecule has 0 aliphatic carbocycles. The van der Waals surface area contributed by atoms with Crippen LogP contribution >= 0.6 is 0 Å². The molecule has 6 heteroatoms. The van der Waals surface area contributed by atoms with Gasteiger partial charge in [-0.3, -0.25) is 0 Å². The molecule has 3 nitrogen and oxygen atoms in total. The van der Waals surface area contributed by atoms with E-state index in [0.29, 0.717) is 0 Å². The van der Waals surface area contributed by atoms with E-state index in [-0.39, 0.29) is 6.54 Å². The van der Waals surface area contributed by atoms with Crippen molar-refractivity contribution >= 4 is 6.03 Å². The first-order chi connectivity index (χ1) is 4.09. The minimum Gasteiger partial charge on any atom is -0.240 e. The lowest BCUT2D eigenvalue weighted by atomic mass is 10.7. The zero-order chi connectivity index (χ0) is 7.44. The molecule has 0 aromatic rings. The zero-order valence-corrected chi connectivity index (χ0v) is 4.64. The summed E-state index contributed by atoms with van der Waals surface area (Å²) in [5.41, 5.74) is 0. The summed E-state index contributed by atoms with van der Waals surface area (Å²) >= 11 is 0. The predicted molar refractivity (Wildman–Crippen MR) is 22.9 cm³/mol. The van der Waals surface area contributed by atoms with Crippen LogP contribution in [0.3, 0.4) is 0 Å². The van der Waals surface area contributed by atoms with Crippen LogP contribution in [0.25, 0.3) is 0 Å². The van der Waals surface area contributed by atoms with Gasteiger partial charge in [0.15, 0.2) is 0 Å². The highest BCUT2D eigenvalue weighted by molar-refractivity contribution is 5.70. The molecule has 0 fully saturated rings. The molecule has 0 aromatic carbocycles. The van der Waals surface area contributed by atoms with Gasteiger partial charge in [-0.15, -0.1) is 0 Å². The molecule has 0 saturated carbocycles. The van der Waals surface area contributed by atoms with Gasteiger partial charge in [-0.05, 0) is 6.92 Å². The molecule has 0 heterocycles. The van der Waals surface area contributed by atoms with Crippen molar-refractivity contribution in [2.45, 2.75) is 6.92 Å². The van der Waals surface area contributed by atoms with E-state index in [1.54, 1.807) is 0 Å². The topological polar surface area (TPSA) is 23.6 Å². The smallest absolute Gasteiger partial charge is 0.240 e. The minimum atomic E-state index is -1.95. The molecule has 0 aromatic heterocycles. The van der Waals surface area contributed by atoms with Gasteiger partial charge in [0.05, 0.1) is 6.54 Å². The molecule has 0 saturated heterocycles. The molecular weight excluding hydrogens is 137 g/mol. The predicted octanol–water partition coefficient (Wildman–Crippen LogP) is 1.38. The quantitative estimate of drug-likeness (QED) is 0.507. The van der Waals surface area contributed by atoms with Crippen molar-refractivity contribution in [3.05, 3.63) is 0 Å². The Hall–Kier alpha value is -0.940. The van der Waals surface area contributed by atoms with Crippen molar-refractivity contribution in [1.82, 2.24) is 10.5 Å². The van der Waals surface area contributed by atoms with Gasteiger partial charge in [0.25, 0.3) is 0 Å². The number of amides is 2. The number of halogens is 3. The van der Waals surface area contributed by atoms with Crippen LogP contribution in [0.5, 0.6) is 0 Å². The van der Waals surface area contributed by atoms with Crippen molar-refractivity contribution in [2.75, 3.05) is 6.54 Å². The Morgan fingerprint density at radius 3 is 2.00 bits per heavy atom. The molecule has 0 spiro atoms. The van der Waals surface area contributed by atoms with E-state index >= 15 is 0 Å². The average Bonchev–Trinajstić information content (AvgIpc) is 1.84. The summed E-state index contributed by atoms with van der Waals surface area (Å²) < 4.78 is 33.9. The summed E-state index contributed by atoms with van der Waals surface area (Å²) in [7, 11) is 0. The summed E-state index contributed by atoms with van der Waals surface area (Å²) in [5.74, 6) is 0. The maximum atomic E-state index is 11.7. The molecule has 2 amide bonds. The van der Waals surface area contributed by atoms with E-state index in [0.717, 1.165) is 0 Å². The van der Waals surface area contributed by atoms with Crippen LogP contribution in [0.15, 0.2) is 0 Å². The molecule has 0 aliphatic rings. The molecule has 0 aliphatic heterocycles. The summed E-state index contributed by atoms with van der Waals surface area (Å²) in [6.07, 6.45) is 0. The first-order valence-electron chi connectivity index (χ1n) is 2.18. The molecule has 0 bridgehead atoms. The fourth-order valence-electron chi connectivity index (χ4n) is 0.217. The Morgan fingerprint density at radius 2 is 1.89 bits per heavy atom. The third kappa shape index (κ3) is 2.20. The third-order valence-corrected chi connectivity index (χ3v) is 0.630. The number of hydrogen-bond acceptors (Lipinski definition) is 1. The van der Waals surface area contributed by atoms with Gasteiger partial charge >= 0.3 is 6.03 Å². The van der Waals surface area contributed by atoms with Crippen molar-refractivity contribution in [3.8, 4) is 0 Å². The maximum Gasteiger partial charge on any atom is 0.406 e. The van der Waals surface area contributed by atoms with Gasteiger partial charge in [0, 0.05) is 5.34 Å². The minimum absolute atomic E-state index is 0.386. The maximum absolute atomic E-state index is 11.7. The van der Waals surface area contributed by atoms with Crippen LogP contribution in [0.4, 0.5) is 18.2 Å². The van der Waals surface area contributed by atoms with E-state index in [1.165, 1.54) is 6.92 Å². The summed E-state index contributed by atoms with van der Waals surface area (Å²) in [5, 5.41) is -2.41. The van der Waals surface area contributed by atoms with Gasteiger partial charge in [-0.25, -0.2) is 4.79 Å². The lowest BCUT2D eigenvalue weighted by molar-refractivity contribution is -0.128. The summed E-state index contributed by atoms with van der Waals surface area (Å²) in [6, 6.07) is -1.95. The first-order valence-corrected chi connectivity index (χ1v) is 2.18. The third-order valence-electron chi connectivity index (χ3n) is 0.630. The van der Waals surface area contributed by atoms with E-state index in [1.807, 2.05) is 0 Å². The number of carbonyl (C=O) groups excluding carboxylic acids is 1. The zero-order valence-electron chi connectivity index (χ0n) is 4.64. The van der Waals surface area contributed by atoms with Crippen LogP contribution in [-0.4, -0.2) is 23.0 Å². The monoisotopic (exact) mass is 142 g/mol. The fourth-order valence-corrected chi connectivity index (χ4v) is 0.217. The first kappa shape index (κ1) is 8.06. The Balaban J connectivity index is 3.73. The molecule has 0 atom stereocenters. The Morgan fingerprint density at radius 1 is 1.44 bits per heavy atom. The highest BCUT2D eigenvalue weighted by atomic mass is 19.4. The normalized spacial score (nSPS) is 8.89. The van der Waals surface area contributed by atoms with E-state index in [4.69, 9.17) is 0 Å². The van der Waals surface area contributed by atoms with Crippen molar-refractivity contribution in [3.63, 3.8) is 0 Å². The number of rotatable bonds is 1. The lowest BCUT2D eigenvalue weighted by Gasteiger charge is -2.06. The molecule has 0 rings (SSSR count). The van der Waals surface area contributed by atoms with Crippen LogP contribution in [0.2, 0.25) is 0 Å². The molecular formula is C3H5F3N2O. The van der Waals surface area contributed by atoms with Gasteiger partial charge in [0.1, 0.15) is 0 Å². The van der Waals surface area contributed by atoms with Crippen molar-refractivity contribution in [1.29, 1.82) is 0 Å². The average molecular weight is 142 g/mol. The van der Waals surface area contributed by atoms with Crippen LogP contribution in [-0.2, 0) is 0 Å². The highest BCUT2D eigenvalue weighted by Gasteiger charge is 2.18. The van der Waals surface area contributed by atoms with Crippen molar-refractivity contribution < 1.29 is 18.2 Å². The van der Waals surface area contributed by atoms with E-state index in [9.17, 15) is 18.2 Å². The second kappa shape index (κ2) is 3.16. The van der Waals surface area contributed by atoms with Gasteiger partial charge in [-0.2, -0.15) is 5.12 Å². The number of urea groups is 1. The van der Waals surface area contributed by atoms with Crippen LogP contribution < -0.4 is 0 Å². The van der Waals surface area contributed by atoms with Gasteiger partial charge in [0.2, 0.25) is 0 Å². The van der Waals surface area contributed by atoms with E-state index in [2.05, 4.69) is 0 Å². The second-order valence-electron chi connectivity index (χ2n) is 1.19. The molecule has 9 heavy (non-hydrogen) atoms. The summed E-state index contributed by atoms with van der Waals surface area (Å²) in [4.78, 5) is 9.80. The molecule has 54 valence electrons. The number of carbonyl (C=O) groups is 1. The Kier molecular flexibility index (Phi) is 2.83. The standard InChI is InChI=1S/C3H5F3N2O/c1-2-7(4)3(9)8(5)6/h2H2,1H3. The lowest BCUT2D eigenvalue weighted by Crippen LogP contribution is -2.28. The van der Waals surface area contributed by atoms with Crippen LogP contribution in [0, 0.1) is 0 Å². The molecule has 0 N–H and O–H groups in total. The van der Waals surface area contributed by atoms with Gasteiger partial charge in [-0.1, -0.05) is 13.4 Å². The fraction of sp³-hybridized carbons (Fsp3) is 0.667. The summed E-state index contributed by atoms with van der Waals surface area (Å²) in [6.45, 7) is 0.852. The Bertz CT molecular complexity index is 107. The molecule has 0 unspecified atom stereocenters. The SMILES string of the molecule is CCN(F)C(=O)N(F)F. The molecule has 0 radical (unpaired) electrons. The Labute approximate surface area is 49.5 Å². The van der Waals surface area contributed by atoms with Crippen LogP contribution in [0.1, 0.15) is 6.92 Å². The number of hydrogen-bond donors (Lipinski definition) is 0. The van der Waals surface area contributed by atoms with E-state index < -0.39 is 16.5 Å². The van der Waals surface area contributed by atoms with Gasteiger partial charge < -0.3 is 0 Å². The van der Waals surface area contributed by atoms with Crippen molar-refractivity contribution in [2.24, 2.45) is 0 Å².